The maximum atomic E-state index is 12.0. The van der Waals surface area contributed by atoms with E-state index in [0.29, 0.717) is 19.4 Å². The van der Waals surface area contributed by atoms with Crippen LogP contribution in [-0.2, 0) is 19.2 Å². The monoisotopic (exact) mass is 391 g/mol. The maximum Gasteiger partial charge on any atom is 0.328 e. The van der Waals surface area contributed by atoms with Crippen LogP contribution in [0.25, 0.3) is 0 Å². The number of aliphatic hydroxyl groups is 2. The van der Waals surface area contributed by atoms with Crippen LogP contribution in [0.2, 0.25) is 0 Å². The van der Waals surface area contributed by atoms with Gasteiger partial charge in [0.25, 0.3) is 0 Å². The Labute approximate surface area is 156 Å². The Hall–Kier alpha value is -2.28. The van der Waals surface area contributed by atoms with Gasteiger partial charge >= 0.3 is 5.97 Å². The van der Waals surface area contributed by atoms with Crippen LogP contribution in [0.1, 0.15) is 26.2 Å². The topological polar surface area (TPSA) is 217 Å². The van der Waals surface area contributed by atoms with E-state index in [1.165, 1.54) is 6.92 Å². The van der Waals surface area contributed by atoms with Crippen LogP contribution in [0.3, 0.4) is 0 Å². The first-order valence-corrected chi connectivity index (χ1v) is 8.48. The van der Waals surface area contributed by atoms with E-state index in [-0.39, 0.29) is 0 Å². The third kappa shape index (κ3) is 9.84. The average molecular weight is 391 g/mol. The van der Waals surface area contributed by atoms with Crippen molar-refractivity contribution in [1.29, 1.82) is 0 Å². The fourth-order valence-electron chi connectivity index (χ4n) is 2.01. The van der Waals surface area contributed by atoms with E-state index in [0.717, 1.165) is 6.42 Å². The quantitative estimate of drug-likeness (QED) is 0.143. The van der Waals surface area contributed by atoms with E-state index in [9.17, 15) is 24.3 Å². The number of aliphatic hydroxyl groups excluding tert-OH is 2. The first-order valence-electron chi connectivity index (χ1n) is 8.48. The summed E-state index contributed by atoms with van der Waals surface area (Å²) in [6, 6.07) is -3.86. The highest BCUT2D eigenvalue weighted by atomic mass is 16.4. The van der Waals surface area contributed by atoms with Crippen molar-refractivity contribution in [3.05, 3.63) is 0 Å². The van der Waals surface area contributed by atoms with Gasteiger partial charge in [-0.3, -0.25) is 14.4 Å². The van der Waals surface area contributed by atoms with E-state index in [4.69, 9.17) is 21.7 Å². The van der Waals surface area contributed by atoms with E-state index < -0.39 is 61.1 Å². The van der Waals surface area contributed by atoms with Gasteiger partial charge in [0.05, 0.1) is 25.3 Å². The van der Waals surface area contributed by atoms with Crippen LogP contribution in [-0.4, -0.2) is 82.9 Å². The molecule has 12 nitrogen and oxygen atoms in total. The fraction of sp³-hybridized carbons (Fsp3) is 0.733. The Kier molecular flexibility index (Phi) is 11.9. The fourth-order valence-corrected chi connectivity index (χ4v) is 2.01. The summed E-state index contributed by atoms with van der Waals surface area (Å²) in [5, 5.41) is 33.8. The second-order valence-corrected chi connectivity index (χ2v) is 5.98. The summed E-state index contributed by atoms with van der Waals surface area (Å²) < 4.78 is 0. The van der Waals surface area contributed by atoms with Crippen LogP contribution in [0.5, 0.6) is 0 Å². The van der Waals surface area contributed by atoms with Gasteiger partial charge in [0.15, 0.2) is 0 Å². The molecule has 0 radical (unpaired) electrons. The summed E-state index contributed by atoms with van der Waals surface area (Å²) >= 11 is 0. The van der Waals surface area contributed by atoms with Gasteiger partial charge in [-0.1, -0.05) is 6.42 Å². The number of hydrogen-bond acceptors (Lipinski definition) is 8. The Morgan fingerprint density at radius 2 is 1.70 bits per heavy atom. The number of unbranched alkanes of at least 4 members (excludes halogenated alkanes) is 1. The number of hydrogen-bond donors (Lipinski definition) is 8. The van der Waals surface area contributed by atoms with E-state index in [2.05, 4.69) is 10.6 Å². The lowest BCUT2D eigenvalue weighted by atomic mass is 10.1. The lowest BCUT2D eigenvalue weighted by molar-refractivity contribution is -0.144. The molecule has 0 spiro atoms. The second kappa shape index (κ2) is 13.0. The summed E-state index contributed by atoms with van der Waals surface area (Å²) in [4.78, 5) is 46.5. The highest BCUT2D eigenvalue weighted by molar-refractivity contribution is 5.92. The molecule has 0 aliphatic rings. The first kappa shape index (κ1) is 24.7. The Balaban J connectivity index is 4.57. The zero-order valence-corrected chi connectivity index (χ0v) is 15.2. The largest absolute Gasteiger partial charge is 0.480 e. The third-order valence-corrected chi connectivity index (χ3v) is 3.61. The normalized spacial score (nSPS) is 15.1. The number of aliphatic carboxylic acids is 1. The minimum atomic E-state index is -1.58. The standard InChI is InChI=1S/C15H29N5O7/c1-8(22)12(14(25)19-10(7-21)15(26)27)20-11(23)6-18-13(24)9(17)4-2-3-5-16/h8-10,12,21-22H,2-7,16-17H2,1H3,(H,18,24)(H,19,25)(H,20,23)(H,26,27). The molecule has 0 aromatic rings. The van der Waals surface area contributed by atoms with Gasteiger partial charge in [-0.2, -0.15) is 0 Å². The van der Waals surface area contributed by atoms with Crippen LogP contribution < -0.4 is 27.4 Å². The molecule has 10 N–H and O–H groups in total. The molecule has 0 heterocycles. The van der Waals surface area contributed by atoms with Crippen LogP contribution >= 0.6 is 0 Å². The van der Waals surface area contributed by atoms with Gasteiger partial charge in [-0.15, -0.1) is 0 Å². The molecule has 0 fully saturated rings. The minimum Gasteiger partial charge on any atom is -0.480 e. The Bertz CT molecular complexity index is 515. The van der Waals surface area contributed by atoms with Crippen molar-refractivity contribution in [2.75, 3.05) is 19.7 Å². The molecule has 4 atom stereocenters. The molecular formula is C15H29N5O7. The minimum absolute atomic E-state index is 0.404. The molecule has 3 amide bonds. The van der Waals surface area contributed by atoms with Crippen molar-refractivity contribution in [1.82, 2.24) is 16.0 Å². The molecule has 12 heteroatoms. The number of carbonyl (C=O) groups excluding carboxylic acids is 3. The smallest absolute Gasteiger partial charge is 0.328 e. The van der Waals surface area contributed by atoms with Crippen molar-refractivity contribution in [2.24, 2.45) is 11.5 Å². The van der Waals surface area contributed by atoms with Crippen molar-refractivity contribution in [3.8, 4) is 0 Å². The van der Waals surface area contributed by atoms with Gasteiger partial charge in [0, 0.05) is 0 Å². The van der Waals surface area contributed by atoms with E-state index in [1.54, 1.807) is 0 Å². The lowest BCUT2D eigenvalue weighted by Gasteiger charge is -2.23. The predicted octanol–water partition coefficient (Wildman–Crippen LogP) is -4.01. The number of nitrogens with two attached hydrogens (primary N) is 2. The number of nitrogens with one attached hydrogen (secondary N) is 3. The molecule has 0 bridgehead atoms. The zero-order chi connectivity index (χ0) is 21.0. The van der Waals surface area contributed by atoms with Gasteiger partial charge in [-0.05, 0) is 26.3 Å². The van der Waals surface area contributed by atoms with Crippen molar-refractivity contribution in [3.63, 3.8) is 0 Å². The molecule has 0 rings (SSSR count). The molecule has 27 heavy (non-hydrogen) atoms. The summed E-state index contributed by atoms with van der Waals surface area (Å²) in [5.74, 6) is -3.80. The molecule has 156 valence electrons. The van der Waals surface area contributed by atoms with Crippen molar-refractivity contribution < 1.29 is 34.5 Å². The van der Waals surface area contributed by atoms with Crippen molar-refractivity contribution >= 4 is 23.7 Å². The molecule has 0 aromatic carbocycles. The zero-order valence-electron chi connectivity index (χ0n) is 15.2. The SMILES string of the molecule is CC(O)C(NC(=O)CNC(=O)C(N)CCCCN)C(=O)NC(CO)C(=O)O. The maximum absolute atomic E-state index is 12.0. The van der Waals surface area contributed by atoms with Gasteiger partial charge in [-0.25, -0.2) is 4.79 Å². The average Bonchev–Trinajstić information content (AvgIpc) is 2.61. The number of amides is 3. The molecule has 0 saturated heterocycles. The molecule has 0 aliphatic carbocycles. The number of carbonyl (C=O) groups is 4. The number of rotatable bonds is 13. The number of carboxylic acid groups (broad SMARTS) is 1. The van der Waals surface area contributed by atoms with Gasteiger partial charge in [0.1, 0.15) is 12.1 Å². The lowest BCUT2D eigenvalue weighted by Crippen LogP contribution is -2.57. The summed E-state index contributed by atoms with van der Waals surface area (Å²) in [6.45, 7) is 0.353. The third-order valence-electron chi connectivity index (χ3n) is 3.61. The summed E-state index contributed by atoms with van der Waals surface area (Å²) in [7, 11) is 0. The highest BCUT2D eigenvalue weighted by Gasteiger charge is 2.29. The number of carboxylic acids is 1. The molecule has 0 aromatic heterocycles. The first-order chi connectivity index (χ1) is 12.6. The van der Waals surface area contributed by atoms with E-state index >= 15 is 0 Å². The van der Waals surface area contributed by atoms with Crippen molar-refractivity contribution in [2.45, 2.75) is 50.4 Å². The summed E-state index contributed by atoms with van der Waals surface area (Å²) in [5.41, 5.74) is 11.0. The molecular weight excluding hydrogens is 362 g/mol. The predicted molar refractivity (Wildman–Crippen MR) is 94.2 cm³/mol. The molecule has 0 aliphatic heterocycles. The van der Waals surface area contributed by atoms with Gasteiger partial charge in [0.2, 0.25) is 17.7 Å². The van der Waals surface area contributed by atoms with Crippen LogP contribution in [0.15, 0.2) is 0 Å². The van der Waals surface area contributed by atoms with Crippen LogP contribution in [0.4, 0.5) is 0 Å². The van der Waals surface area contributed by atoms with E-state index in [1.807, 2.05) is 5.32 Å². The highest BCUT2D eigenvalue weighted by Crippen LogP contribution is 1.98. The van der Waals surface area contributed by atoms with Gasteiger partial charge < -0.3 is 42.7 Å². The Morgan fingerprint density at radius 1 is 1.07 bits per heavy atom. The molecule has 4 unspecified atom stereocenters. The Morgan fingerprint density at radius 3 is 2.19 bits per heavy atom. The van der Waals surface area contributed by atoms with Crippen LogP contribution in [0, 0.1) is 0 Å². The summed E-state index contributed by atoms with van der Waals surface area (Å²) in [6.07, 6.45) is 0.437. The second-order valence-electron chi connectivity index (χ2n) is 5.98. The molecule has 0 saturated carbocycles.